The minimum Gasteiger partial charge on any atom is -0.457 e. The standard InChI is InChI=1S/C28H25F4NO/c1-20-10-13-22(14-17-25-26(28(30,31)32)8-5-9-27(25)29)33(20)19-18-21-11-15-24(16-12-21)34-23-6-3-2-4-7-23/h2-13,15-16H,14,17-19H2,1H3. The van der Waals surface area contributed by atoms with Gasteiger partial charge < -0.3 is 9.30 Å². The van der Waals surface area contributed by atoms with Crippen molar-refractivity contribution >= 4 is 0 Å². The van der Waals surface area contributed by atoms with Crippen molar-refractivity contribution in [3.63, 3.8) is 0 Å². The largest absolute Gasteiger partial charge is 0.457 e. The topological polar surface area (TPSA) is 14.2 Å². The van der Waals surface area contributed by atoms with Gasteiger partial charge in [-0.1, -0.05) is 36.4 Å². The molecule has 6 heteroatoms. The highest BCUT2D eigenvalue weighted by atomic mass is 19.4. The lowest BCUT2D eigenvalue weighted by Crippen LogP contribution is -2.13. The lowest BCUT2D eigenvalue weighted by Gasteiger charge is -2.15. The quantitative estimate of drug-likeness (QED) is 0.241. The molecule has 0 aliphatic rings. The van der Waals surface area contributed by atoms with Crippen molar-refractivity contribution in [3.8, 4) is 11.5 Å². The van der Waals surface area contributed by atoms with Gasteiger partial charge in [-0.05, 0) is 80.3 Å². The van der Waals surface area contributed by atoms with E-state index in [9.17, 15) is 17.6 Å². The van der Waals surface area contributed by atoms with Crippen molar-refractivity contribution in [2.24, 2.45) is 0 Å². The van der Waals surface area contributed by atoms with Crippen LogP contribution in [-0.4, -0.2) is 4.57 Å². The molecule has 0 saturated heterocycles. The van der Waals surface area contributed by atoms with Crippen LogP contribution >= 0.6 is 0 Å². The van der Waals surface area contributed by atoms with Gasteiger partial charge in [0.15, 0.2) is 0 Å². The number of halogens is 4. The van der Waals surface area contributed by atoms with Crippen LogP contribution in [0.4, 0.5) is 17.6 Å². The number of hydrogen-bond donors (Lipinski definition) is 0. The van der Waals surface area contributed by atoms with E-state index in [2.05, 4.69) is 4.57 Å². The predicted molar refractivity (Wildman–Crippen MR) is 125 cm³/mol. The summed E-state index contributed by atoms with van der Waals surface area (Å²) in [6.45, 7) is 2.64. The van der Waals surface area contributed by atoms with Crippen LogP contribution in [-0.2, 0) is 32.0 Å². The summed E-state index contributed by atoms with van der Waals surface area (Å²) in [6, 6.07) is 24.4. The van der Waals surface area contributed by atoms with E-state index in [-0.39, 0.29) is 12.0 Å². The Balaban J connectivity index is 1.41. The van der Waals surface area contributed by atoms with Gasteiger partial charge in [-0.3, -0.25) is 0 Å². The van der Waals surface area contributed by atoms with Gasteiger partial charge in [0, 0.05) is 23.5 Å². The number of aryl methyl sites for hydroxylation is 3. The zero-order valence-electron chi connectivity index (χ0n) is 18.8. The summed E-state index contributed by atoms with van der Waals surface area (Å²) in [6.07, 6.45) is -3.52. The average molecular weight is 468 g/mol. The van der Waals surface area contributed by atoms with Crippen molar-refractivity contribution in [3.05, 3.63) is 119 Å². The molecule has 4 aromatic rings. The lowest BCUT2D eigenvalue weighted by molar-refractivity contribution is -0.138. The third-order valence-corrected chi connectivity index (χ3v) is 5.87. The van der Waals surface area contributed by atoms with Crippen molar-refractivity contribution in [1.29, 1.82) is 0 Å². The Hall–Kier alpha value is -3.54. The molecule has 34 heavy (non-hydrogen) atoms. The van der Waals surface area contributed by atoms with E-state index in [0.29, 0.717) is 13.0 Å². The molecule has 0 saturated carbocycles. The maximum atomic E-state index is 14.2. The molecule has 1 heterocycles. The zero-order valence-corrected chi connectivity index (χ0v) is 18.8. The summed E-state index contributed by atoms with van der Waals surface area (Å²) in [5.74, 6) is 0.701. The second-order valence-corrected chi connectivity index (χ2v) is 8.19. The van der Waals surface area contributed by atoms with Crippen LogP contribution in [0.25, 0.3) is 0 Å². The first-order chi connectivity index (χ1) is 16.3. The molecule has 0 aliphatic heterocycles. The van der Waals surface area contributed by atoms with Crippen LogP contribution in [0.5, 0.6) is 11.5 Å². The number of hydrogen-bond acceptors (Lipinski definition) is 1. The molecule has 0 unspecified atom stereocenters. The number of para-hydroxylation sites is 1. The fourth-order valence-electron chi connectivity index (χ4n) is 4.08. The van der Waals surface area contributed by atoms with Gasteiger partial charge in [-0.25, -0.2) is 4.39 Å². The minimum atomic E-state index is -4.58. The second-order valence-electron chi connectivity index (χ2n) is 8.19. The van der Waals surface area contributed by atoms with E-state index >= 15 is 0 Å². The van der Waals surface area contributed by atoms with Crippen molar-refractivity contribution in [2.75, 3.05) is 0 Å². The molecular formula is C28H25F4NO. The van der Waals surface area contributed by atoms with Crippen molar-refractivity contribution in [1.82, 2.24) is 4.57 Å². The number of nitrogens with zero attached hydrogens (tertiary/aromatic N) is 1. The van der Waals surface area contributed by atoms with E-state index in [1.807, 2.05) is 73.7 Å². The van der Waals surface area contributed by atoms with Crippen LogP contribution in [0.1, 0.15) is 28.1 Å². The van der Waals surface area contributed by atoms with Crippen molar-refractivity contribution in [2.45, 2.75) is 38.9 Å². The Morgan fingerprint density at radius 3 is 2.15 bits per heavy atom. The first-order valence-electron chi connectivity index (χ1n) is 11.1. The highest BCUT2D eigenvalue weighted by Gasteiger charge is 2.34. The van der Waals surface area contributed by atoms with Gasteiger partial charge in [0.2, 0.25) is 0 Å². The monoisotopic (exact) mass is 467 g/mol. The van der Waals surface area contributed by atoms with E-state index in [0.717, 1.165) is 53.1 Å². The molecule has 0 spiro atoms. The molecule has 2 nitrogen and oxygen atoms in total. The van der Waals surface area contributed by atoms with Gasteiger partial charge in [0.25, 0.3) is 0 Å². The first-order valence-corrected chi connectivity index (χ1v) is 11.1. The summed E-state index contributed by atoms with van der Waals surface area (Å²) in [5, 5.41) is 0. The van der Waals surface area contributed by atoms with E-state index in [1.54, 1.807) is 0 Å². The fourth-order valence-corrected chi connectivity index (χ4v) is 4.08. The molecular weight excluding hydrogens is 442 g/mol. The maximum Gasteiger partial charge on any atom is 0.416 e. The van der Waals surface area contributed by atoms with Crippen LogP contribution in [0, 0.1) is 12.7 Å². The van der Waals surface area contributed by atoms with Gasteiger partial charge >= 0.3 is 6.18 Å². The number of ether oxygens (including phenoxy) is 1. The fraction of sp³-hybridized carbons (Fsp3) is 0.214. The molecule has 0 N–H and O–H groups in total. The smallest absolute Gasteiger partial charge is 0.416 e. The number of benzene rings is 3. The highest BCUT2D eigenvalue weighted by molar-refractivity contribution is 5.34. The molecule has 0 fully saturated rings. The molecule has 3 aromatic carbocycles. The molecule has 176 valence electrons. The predicted octanol–water partition coefficient (Wildman–Crippen LogP) is 7.77. The SMILES string of the molecule is Cc1ccc(CCc2c(F)cccc2C(F)(F)F)n1CCc1ccc(Oc2ccccc2)cc1. The van der Waals surface area contributed by atoms with Crippen LogP contribution in [0.15, 0.2) is 84.9 Å². The number of rotatable bonds is 8. The Bertz CT molecular complexity index is 1230. The van der Waals surface area contributed by atoms with Crippen LogP contribution in [0.3, 0.4) is 0 Å². The average Bonchev–Trinajstić information content (AvgIpc) is 3.17. The zero-order chi connectivity index (χ0) is 24.1. The Morgan fingerprint density at radius 1 is 0.735 bits per heavy atom. The van der Waals surface area contributed by atoms with Crippen molar-refractivity contribution < 1.29 is 22.3 Å². The lowest BCUT2D eigenvalue weighted by atomic mass is 10.0. The third-order valence-electron chi connectivity index (χ3n) is 5.87. The molecule has 0 amide bonds. The maximum absolute atomic E-state index is 14.2. The molecule has 0 radical (unpaired) electrons. The van der Waals surface area contributed by atoms with Crippen LogP contribution < -0.4 is 4.74 Å². The highest BCUT2D eigenvalue weighted by Crippen LogP contribution is 2.33. The molecule has 1 aromatic heterocycles. The van der Waals surface area contributed by atoms with E-state index < -0.39 is 17.6 Å². The van der Waals surface area contributed by atoms with E-state index in [1.165, 1.54) is 0 Å². The molecule has 0 bridgehead atoms. The van der Waals surface area contributed by atoms with Crippen LogP contribution in [0.2, 0.25) is 0 Å². The normalized spacial score (nSPS) is 11.6. The van der Waals surface area contributed by atoms with Gasteiger partial charge in [0.1, 0.15) is 17.3 Å². The van der Waals surface area contributed by atoms with Gasteiger partial charge in [-0.2, -0.15) is 13.2 Å². The molecule has 0 aliphatic carbocycles. The Kier molecular flexibility index (Phi) is 7.06. The number of aromatic nitrogens is 1. The summed E-state index contributed by atoms with van der Waals surface area (Å²) in [7, 11) is 0. The minimum absolute atomic E-state index is 0.0174. The van der Waals surface area contributed by atoms with Gasteiger partial charge in [0.05, 0.1) is 5.56 Å². The summed E-state index contributed by atoms with van der Waals surface area (Å²) in [4.78, 5) is 0. The first kappa shape index (κ1) is 23.6. The molecule has 0 atom stereocenters. The van der Waals surface area contributed by atoms with E-state index in [4.69, 9.17) is 4.74 Å². The summed E-state index contributed by atoms with van der Waals surface area (Å²) >= 11 is 0. The summed E-state index contributed by atoms with van der Waals surface area (Å²) < 4.78 is 62.1. The Morgan fingerprint density at radius 2 is 1.44 bits per heavy atom. The summed E-state index contributed by atoms with van der Waals surface area (Å²) in [5.41, 5.74) is 1.84. The van der Waals surface area contributed by atoms with Gasteiger partial charge in [-0.15, -0.1) is 0 Å². The third kappa shape index (κ3) is 5.68. The Labute approximate surface area is 196 Å². The number of alkyl halides is 3. The molecule has 4 rings (SSSR count). The second kappa shape index (κ2) is 10.2.